The first-order chi connectivity index (χ1) is 8.49. The van der Waals surface area contributed by atoms with Crippen molar-refractivity contribution in [3.63, 3.8) is 0 Å². The van der Waals surface area contributed by atoms with E-state index in [0.29, 0.717) is 5.75 Å². The van der Waals surface area contributed by atoms with Gasteiger partial charge >= 0.3 is 5.97 Å². The predicted octanol–water partition coefficient (Wildman–Crippen LogP) is 1.68. The first kappa shape index (κ1) is 13.8. The van der Waals surface area contributed by atoms with Crippen molar-refractivity contribution in [2.75, 3.05) is 14.2 Å². The molecule has 0 saturated heterocycles. The molecule has 0 saturated carbocycles. The molecule has 7 heteroatoms. The highest BCUT2D eigenvalue weighted by molar-refractivity contribution is 5.66. The average Bonchev–Trinajstić information content (AvgIpc) is 2.34. The fourth-order valence-corrected chi connectivity index (χ4v) is 1.38. The second-order valence-electron chi connectivity index (χ2n) is 3.37. The lowest BCUT2D eigenvalue weighted by molar-refractivity contribution is -0.385. The summed E-state index contributed by atoms with van der Waals surface area (Å²) < 4.78 is 14.8. The monoisotopic (exact) mass is 255 g/mol. The van der Waals surface area contributed by atoms with Crippen molar-refractivity contribution < 1.29 is 23.9 Å². The maximum Gasteiger partial charge on any atom is 0.302 e. The molecule has 0 amide bonds. The summed E-state index contributed by atoms with van der Waals surface area (Å²) in [4.78, 5) is 21.1. The Balaban J connectivity index is 3.20. The van der Waals surface area contributed by atoms with Gasteiger partial charge in [-0.3, -0.25) is 14.9 Å². The van der Waals surface area contributed by atoms with Crippen LogP contribution in [0.2, 0.25) is 0 Å². The molecule has 0 fully saturated rings. The normalized spacial score (nSPS) is 9.72. The fraction of sp³-hybridized carbons (Fsp3) is 0.364. The number of nitro benzene ring substituents is 1. The lowest BCUT2D eigenvalue weighted by atomic mass is 10.1. The Morgan fingerprint density at radius 2 is 1.83 bits per heavy atom. The maximum atomic E-state index is 10.9. The van der Waals surface area contributed by atoms with Crippen molar-refractivity contribution in [1.82, 2.24) is 0 Å². The summed E-state index contributed by atoms with van der Waals surface area (Å²) in [5, 5.41) is 10.9. The lowest BCUT2D eigenvalue weighted by Crippen LogP contribution is -2.03. The zero-order valence-corrected chi connectivity index (χ0v) is 10.3. The van der Waals surface area contributed by atoms with Gasteiger partial charge in [-0.25, -0.2) is 0 Å². The number of carbonyl (C=O) groups excluding carboxylic acids is 1. The number of rotatable bonds is 5. The number of ether oxygens (including phenoxy) is 3. The van der Waals surface area contributed by atoms with E-state index in [1.54, 1.807) is 0 Å². The van der Waals surface area contributed by atoms with Gasteiger partial charge < -0.3 is 14.2 Å². The molecule has 1 aromatic carbocycles. The van der Waals surface area contributed by atoms with Crippen molar-refractivity contribution in [1.29, 1.82) is 0 Å². The van der Waals surface area contributed by atoms with E-state index < -0.39 is 10.9 Å². The number of carbonyl (C=O) groups is 1. The molecule has 0 radical (unpaired) electrons. The van der Waals surface area contributed by atoms with Gasteiger partial charge in [0.2, 0.25) is 0 Å². The molecule has 18 heavy (non-hydrogen) atoms. The summed E-state index contributed by atoms with van der Waals surface area (Å²) in [5.41, 5.74) is 0.0572. The third-order valence-corrected chi connectivity index (χ3v) is 2.21. The molecule has 0 atom stereocenters. The van der Waals surface area contributed by atoms with Crippen molar-refractivity contribution in [2.24, 2.45) is 0 Å². The second-order valence-corrected chi connectivity index (χ2v) is 3.37. The fourth-order valence-electron chi connectivity index (χ4n) is 1.38. The van der Waals surface area contributed by atoms with E-state index in [1.165, 1.54) is 33.3 Å². The molecule has 0 aromatic heterocycles. The number of hydrogen-bond donors (Lipinski definition) is 0. The number of methoxy groups -OCH3 is 2. The lowest BCUT2D eigenvalue weighted by Gasteiger charge is -2.10. The number of nitro groups is 1. The Morgan fingerprint density at radius 3 is 2.28 bits per heavy atom. The van der Waals surface area contributed by atoms with Crippen molar-refractivity contribution >= 4 is 11.7 Å². The summed E-state index contributed by atoms with van der Waals surface area (Å²) in [7, 11) is 2.80. The molecule has 98 valence electrons. The van der Waals surface area contributed by atoms with Crippen molar-refractivity contribution in [3.05, 3.63) is 27.8 Å². The van der Waals surface area contributed by atoms with Crippen LogP contribution in [0.15, 0.2) is 12.1 Å². The van der Waals surface area contributed by atoms with Crippen LogP contribution in [0.5, 0.6) is 11.5 Å². The highest BCUT2D eigenvalue weighted by Crippen LogP contribution is 2.34. The van der Waals surface area contributed by atoms with Crippen molar-refractivity contribution in [3.8, 4) is 11.5 Å². The highest BCUT2D eigenvalue weighted by Gasteiger charge is 2.20. The van der Waals surface area contributed by atoms with Gasteiger partial charge in [-0.05, 0) is 6.07 Å². The molecule has 7 nitrogen and oxygen atoms in total. The summed E-state index contributed by atoms with van der Waals surface area (Å²) in [6.45, 7) is 1.04. The van der Waals surface area contributed by atoms with Crippen molar-refractivity contribution in [2.45, 2.75) is 13.5 Å². The zero-order chi connectivity index (χ0) is 13.7. The van der Waals surface area contributed by atoms with E-state index in [1.807, 2.05) is 0 Å². The van der Waals surface area contributed by atoms with Crippen LogP contribution in [0.3, 0.4) is 0 Å². The van der Waals surface area contributed by atoms with Gasteiger partial charge in [0.05, 0.1) is 30.8 Å². The van der Waals surface area contributed by atoms with Gasteiger partial charge in [0, 0.05) is 6.92 Å². The minimum absolute atomic E-state index is 0.186. The van der Waals surface area contributed by atoms with Crippen LogP contribution in [0, 0.1) is 10.1 Å². The Morgan fingerprint density at radius 1 is 1.28 bits per heavy atom. The predicted molar refractivity (Wildman–Crippen MR) is 61.7 cm³/mol. The molecule has 1 rings (SSSR count). The smallest absolute Gasteiger partial charge is 0.302 e. The van der Waals surface area contributed by atoms with E-state index >= 15 is 0 Å². The van der Waals surface area contributed by atoms with E-state index in [0.717, 1.165) is 0 Å². The molecule has 1 aromatic rings. The third kappa shape index (κ3) is 3.09. The summed E-state index contributed by atoms with van der Waals surface area (Å²) >= 11 is 0. The van der Waals surface area contributed by atoms with Gasteiger partial charge in [0.1, 0.15) is 6.61 Å². The van der Waals surface area contributed by atoms with Gasteiger partial charge in [-0.2, -0.15) is 0 Å². The molecule has 0 bridgehead atoms. The number of esters is 1. The summed E-state index contributed by atoms with van der Waals surface area (Å²) in [5.74, 6) is 0.0695. The quantitative estimate of drug-likeness (QED) is 0.452. The van der Waals surface area contributed by atoms with E-state index in [2.05, 4.69) is 0 Å². The number of nitrogens with zero attached hydrogens (tertiary/aromatic N) is 1. The number of benzene rings is 1. The zero-order valence-electron chi connectivity index (χ0n) is 10.3. The van der Waals surface area contributed by atoms with E-state index in [4.69, 9.17) is 14.2 Å². The molecule has 0 aliphatic rings. The van der Waals surface area contributed by atoms with Gasteiger partial charge in [-0.15, -0.1) is 0 Å². The van der Waals surface area contributed by atoms with Crippen LogP contribution in [0.4, 0.5) is 5.69 Å². The first-order valence-electron chi connectivity index (χ1n) is 5.02. The topological polar surface area (TPSA) is 87.9 Å². The SMILES string of the molecule is COc1cc(COC(C)=O)c([N+](=O)[O-])cc1OC. The van der Waals surface area contributed by atoms with Crippen LogP contribution >= 0.6 is 0 Å². The highest BCUT2D eigenvalue weighted by atomic mass is 16.6. The molecule has 0 aliphatic heterocycles. The molecule has 0 N–H and O–H groups in total. The minimum atomic E-state index is -0.569. The Kier molecular flexibility index (Phi) is 4.47. The van der Waals surface area contributed by atoms with Crippen LogP contribution in [0.1, 0.15) is 12.5 Å². The molecule has 0 aliphatic carbocycles. The molecular formula is C11H13NO6. The van der Waals surface area contributed by atoms with E-state index in [9.17, 15) is 14.9 Å². The number of hydrogen-bond acceptors (Lipinski definition) is 6. The Hall–Kier alpha value is -2.31. The summed E-state index contributed by atoms with van der Waals surface area (Å²) in [6, 6.07) is 2.65. The summed E-state index contributed by atoms with van der Waals surface area (Å²) in [6.07, 6.45) is 0. The standard InChI is InChI=1S/C11H13NO6/c1-7(13)18-6-8-4-10(16-2)11(17-3)5-9(8)12(14)15/h4-5H,6H2,1-3H3. The van der Waals surface area contributed by atoms with Crippen LogP contribution in [-0.2, 0) is 16.1 Å². The largest absolute Gasteiger partial charge is 0.493 e. The van der Waals surface area contributed by atoms with Gasteiger partial charge in [0.25, 0.3) is 5.69 Å². The molecule has 0 heterocycles. The molecule has 0 unspecified atom stereocenters. The van der Waals surface area contributed by atoms with Crippen LogP contribution in [0.25, 0.3) is 0 Å². The van der Waals surface area contributed by atoms with E-state index in [-0.39, 0.29) is 23.6 Å². The Labute approximate surface area is 103 Å². The third-order valence-electron chi connectivity index (χ3n) is 2.21. The molecule has 0 spiro atoms. The second kappa shape index (κ2) is 5.85. The van der Waals surface area contributed by atoms with Gasteiger partial charge in [0.15, 0.2) is 11.5 Å². The minimum Gasteiger partial charge on any atom is -0.493 e. The average molecular weight is 255 g/mol. The first-order valence-corrected chi connectivity index (χ1v) is 5.02. The van der Waals surface area contributed by atoms with Gasteiger partial charge in [-0.1, -0.05) is 0 Å². The maximum absolute atomic E-state index is 10.9. The van der Waals surface area contributed by atoms with Crippen LogP contribution < -0.4 is 9.47 Å². The molecular weight excluding hydrogens is 242 g/mol. The van der Waals surface area contributed by atoms with Crippen LogP contribution in [-0.4, -0.2) is 25.1 Å². The Bertz CT molecular complexity index is 471.